The minimum Gasteiger partial charge on any atom is -0.506 e. The summed E-state index contributed by atoms with van der Waals surface area (Å²) in [5, 5.41) is 20.8. The highest BCUT2D eigenvalue weighted by molar-refractivity contribution is 6.00. The van der Waals surface area contributed by atoms with Gasteiger partial charge < -0.3 is 10.2 Å². The topological polar surface area (TPSA) is 57.5 Å². The molecule has 3 nitrogen and oxygen atoms in total. The number of hydrogen-bond donors (Lipinski definition) is 2. The van der Waals surface area contributed by atoms with Crippen LogP contribution < -0.4 is 0 Å². The van der Waals surface area contributed by atoms with E-state index in [4.69, 9.17) is 5.11 Å². The molecule has 0 unspecified atom stereocenters. The van der Waals surface area contributed by atoms with E-state index in [0.717, 1.165) is 17.4 Å². The maximum atomic E-state index is 11.2. The van der Waals surface area contributed by atoms with Gasteiger partial charge in [-0.2, -0.15) is 0 Å². The number of benzene rings is 2. The van der Waals surface area contributed by atoms with Crippen molar-refractivity contribution in [2.24, 2.45) is 0 Å². The zero-order chi connectivity index (χ0) is 16.3. The van der Waals surface area contributed by atoms with Crippen LogP contribution in [-0.4, -0.2) is 16.2 Å². The molecule has 0 radical (unpaired) electrons. The van der Waals surface area contributed by atoms with Crippen molar-refractivity contribution >= 4 is 16.7 Å². The molecule has 0 aromatic heterocycles. The van der Waals surface area contributed by atoms with Crippen LogP contribution in [-0.2, 0) is 5.41 Å². The minimum absolute atomic E-state index is 0.00896. The Kier molecular flexibility index (Phi) is 4.74. The number of hydrogen-bond acceptors (Lipinski definition) is 2. The molecule has 0 spiro atoms. The number of carboxylic acid groups (broad SMARTS) is 1. The third kappa shape index (κ3) is 3.24. The summed E-state index contributed by atoms with van der Waals surface area (Å²) in [6.45, 7) is 6.58. The smallest absolute Gasteiger partial charge is 0.339 e. The van der Waals surface area contributed by atoms with E-state index in [2.05, 4.69) is 26.8 Å². The van der Waals surface area contributed by atoms with Gasteiger partial charge >= 0.3 is 5.97 Å². The molecule has 2 rings (SSSR count). The van der Waals surface area contributed by atoms with E-state index in [1.807, 2.05) is 12.1 Å². The highest BCUT2D eigenvalue weighted by Gasteiger charge is 2.21. The number of phenols is 1. The van der Waals surface area contributed by atoms with Gasteiger partial charge in [0.25, 0.3) is 0 Å². The summed E-state index contributed by atoms with van der Waals surface area (Å²) in [4.78, 5) is 11.2. The first kappa shape index (κ1) is 16.3. The van der Waals surface area contributed by atoms with Crippen molar-refractivity contribution in [2.45, 2.75) is 51.9 Å². The quantitative estimate of drug-likeness (QED) is 0.729. The molecule has 3 heteroatoms. The standard InChI is InChI=1S/C19H24O3/c1-4-5-6-11-19(2,3)14-9-7-13-8-10-15(18(21)22)17(20)16(13)12-14/h7-10,12,20H,4-6,11H2,1-3H3,(H,21,22). The first-order valence-corrected chi connectivity index (χ1v) is 7.86. The highest BCUT2D eigenvalue weighted by Crippen LogP contribution is 2.35. The summed E-state index contributed by atoms with van der Waals surface area (Å²) in [5.74, 6) is -1.25. The fourth-order valence-electron chi connectivity index (χ4n) is 2.86. The van der Waals surface area contributed by atoms with Crippen molar-refractivity contribution in [1.82, 2.24) is 0 Å². The van der Waals surface area contributed by atoms with Gasteiger partial charge in [-0.05, 0) is 34.9 Å². The number of rotatable bonds is 6. The summed E-state index contributed by atoms with van der Waals surface area (Å²) >= 11 is 0. The lowest BCUT2D eigenvalue weighted by atomic mass is 9.79. The Morgan fingerprint density at radius 3 is 2.45 bits per heavy atom. The summed E-state index contributed by atoms with van der Waals surface area (Å²) < 4.78 is 0. The van der Waals surface area contributed by atoms with E-state index in [1.165, 1.54) is 25.3 Å². The average Bonchev–Trinajstić information content (AvgIpc) is 2.47. The van der Waals surface area contributed by atoms with E-state index in [0.29, 0.717) is 5.39 Å². The van der Waals surface area contributed by atoms with Crippen molar-refractivity contribution in [2.75, 3.05) is 0 Å². The zero-order valence-corrected chi connectivity index (χ0v) is 13.5. The molecule has 0 bridgehead atoms. The number of carboxylic acids is 1. The molecule has 2 N–H and O–H groups in total. The van der Waals surface area contributed by atoms with Crippen molar-refractivity contribution in [3.63, 3.8) is 0 Å². The molecule has 0 saturated carbocycles. The van der Waals surface area contributed by atoms with Crippen LogP contribution in [0.5, 0.6) is 5.75 Å². The van der Waals surface area contributed by atoms with Crippen LogP contribution in [0.3, 0.4) is 0 Å². The van der Waals surface area contributed by atoms with Gasteiger partial charge in [0, 0.05) is 5.39 Å². The maximum Gasteiger partial charge on any atom is 0.339 e. The highest BCUT2D eigenvalue weighted by atomic mass is 16.4. The Hall–Kier alpha value is -2.03. The maximum absolute atomic E-state index is 11.2. The third-order valence-electron chi connectivity index (χ3n) is 4.41. The molecule has 0 aliphatic heterocycles. The van der Waals surface area contributed by atoms with Crippen molar-refractivity contribution in [3.05, 3.63) is 41.5 Å². The largest absolute Gasteiger partial charge is 0.506 e. The number of carbonyl (C=O) groups is 1. The summed E-state index contributed by atoms with van der Waals surface area (Å²) in [7, 11) is 0. The molecule has 118 valence electrons. The van der Waals surface area contributed by atoms with Gasteiger partial charge in [0.15, 0.2) is 0 Å². The number of aromatic hydroxyl groups is 1. The Labute approximate surface area is 131 Å². The predicted molar refractivity (Wildman–Crippen MR) is 89.7 cm³/mol. The third-order valence-corrected chi connectivity index (χ3v) is 4.41. The van der Waals surface area contributed by atoms with E-state index in [9.17, 15) is 9.90 Å². The van der Waals surface area contributed by atoms with E-state index in [-0.39, 0.29) is 16.7 Å². The van der Waals surface area contributed by atoms with Crippen LogP contribution in [0.4, 0.5) is 0 Å². The molecule has 22 heavy (non-hydrogen) atoms. The number of unbranched alkanes of at least 4 members (excludes halogenated alkanes) is 2. The average molecular weight is 300 g/mol. The van der Waals surface area contributed by atoms with Crippen LogP contribution in [0.15, 0.2) is 30.3 Å². The summed E-state index contributed by atoms with van der Waals surface area (Å²) in [6.07, 6.45) is 4.65. The molecule has 0 atom stereocenters. The summed E-state index contributed by atoms with van der Waals surface area (Å²) in [5.41, 5.74) is 1.09. The number of fused-ring (bicyclic) bond motifs is 1. The first-order chi connectivity index (χ1) is 10.4. The fourth-order valence-corrected chi connectivity index (χ4v) is 2.86. The Morgan fingerprint density at radius 2 is 1.82 bits per heavy atom. The van der Waals surface area contributed by atoms with Crippen LogP contribution in [0, 0.1) is 0 Å². The molecule has 2 aromatic rings. The molecule has 0 aliphatic rings. The SMILES string of the molecule is CCCCCC(C)(C)c1ccc2ccc(C(=O)O)c(O)c2c1. The molecule has 0 aliphatic carbocycles. The van der Waals surface area contributed by atoms with Gasteiger partial charge in [-0.1, -0.05) is 58.2 Å². The lowest BCUT2D eigenvalue weighted by Crippen LogP contribution is -2.16. The van der Waals surface area contributed by atoms with E-state index >= 15 is 0 Å². The molecule has 0 fully saturated rings. The Balaban J connectivity index is 2.44. The van der Waals surface area contributed by atoms with Crippen molar-refractivity contribution < 1.29 is 15.0 Å². The second-order valence-corrected chi connectivity index (χ2v) is 6.54. The molecule has 0 heterocycles. The minimum atomic E-state index is -1.10. The van der Waals surface area contributed by atoms with Gasteiger partial charge in [-0.3, -0.25) is 0 Å². The van der Waals surface area contributed by atoms with Gasteiger partial charge in [-0.15, -0.1) is 0 Å². The van der Waals surface area contributed by atoms with Gasteiger partial charge in [-0.25, -0.2) is 4.79 Å². The number of aromatic carboxylic acids is 1. The van der Waals surface area contributed by atoms with Crippen LogP contribution in [0.2, 0.25) is 0 Å². The lowest BCUT2D eigenvalue weighted by molar-refractivity contribution is 0.0694. The predicted octanol–water partition coefficient (Wildman–Crippen LogP) is 5.10. The van der Waals surface area contributed by atoms with Gasteiger partial charge in [0.2, 0.25) is 0 Å². The normalized spacial score (nSPS) is 11.8. The molecule has 0 amide bonds. The van der Waals surface area contributed by atoms with Gasteiger partial charge in [0.05, 0.1) is 0 Å². The molecular weight excluding hydrogens is 276 g/mol. The van der Waals surface area contributed by atoms with Gasteiger partial charge in [0.1, 0.15) is 11.3 Å². The lowest BCUT2D eigenvalue weighted by Gasteiger charge is -2.26. The Morgan fingerprint density at radius 1 is 1.14 bits per heavy atom. The first-order valence-electron chi connectivity index (χ1n) is 7.86. The summed E-state index contributed by atoms with van der Waals surface area (Å²) in [6, 6.07) is 9.16. The van der Waals surface area contributed by atoms with Crippen LogP contribution in [0.25, 0.3) is 10.8 Å². The van der Waals surface area contributed by atoms with Crippen LogP contribution >= 0.6 is 0 Å². The second kappa shape index (κ2) is 6.39. The molecule has 0 saturated heterocycles. The van der Waals surface area contributed by atoms with E-state index < -0.39 is 5.97 Å². The molecule has 2 aromatic carbocycles. The van der Waals surface area contributed by atoms with Crippen LogP contribution in [0.1, 0.15) is 62.4 Å². The van der Waals surface area contributed by atoms with Crippen molar-refractivity contribution in [3.8, 4) is 5.75 Å². The second-order valence-electron chi connectivity index (χ2n) is 6.54. The fraction of sp³-hybridized carbons (Fsp3) is 0.421. The molecular formula is C19H24O3. The van der Waals surface area contributed by atoms with Crippen molar-refractivity contribution in [1.29, 1.82) is 0 Å². The Bertz CT molecular complexity index is 686. The monoisotopic (exact) mass is 300 g/mol. The zero-order valence-electron chi connectivity index (χ0n) is 13.5. The van der Waals surface area contributed by atoms with E-state index in [1.54, 1.807) is 6.07 Å².